The lowest BCUT2D eigenvalue weighted by Crippen LogP contribution is -2.31. The largest absolute Gasteiger partial charge is 0.277 e. The van der Waals surface area contributed by atoms with Crippen molar-refractivity contribution in [1.29, 1.82) is 0 Å². The summed E-state index contributed by atoms with van der Waals surface area (Å²) in [5.41, 5.74) is 1.89. The second-order valence-corrected chi connectivity index (χ2v) is 6.59. The number of nitro benzene ring substituents is 1. The molecular weight excluding hydrogens is 368 g/mol. The standard InChI is InChI=1S/C20H17ClN2O4/c1-2-3-4-13-5-9-15(10-6-13)22-19(24)17(18(21)20(22)25)14-7-11-16(12-8-14)23(26)27/h5-12H,2-4H2,1H3. The Hall–Kier alpha value is -2.99. The number of halogens is 1. The van der Waals surface area contributed by atoms with E-state index in [4.69, 9.17) is 11.6 Å². The highest BCUT2D eigenvalue weighted by Gasteiger charge is 2.39. The Bertz CT molecular complexity index is 933. The van der Waals surface area contributed by atoms with E-state index in [-0.39, 0.29) is 16.3 Å². The van der Waals surface area contributed by atoms with E-state index in [2.05, 4.69) is 6.92 Å². The number of hydrogen-bond donors (Lipinski definition) is 0. The molecule has 1 aliphatic rings. The van der Waals surface area contributed by atoms with Gasteiger partial charge in [0.15, 0.2) is 0 Å². The van der Waals surface area contributed by atoms with Crippen molar-refractivity contribution in [2.24, 2.45) is 0 Å². The molecule has 2 aromatic carbocycles. The molecule has 2 aromatic rings. The number of amides is 2. The van der Waals surface area contributed by atoms with Crippen LogP contribution in [-0.2, 0) is 16.0 Å². The fraction of sp³-hybridized carbons (Fsp3) is 0.200. The van der Waals surface area contributed by atoms with Gasteiger partial charge in [-0.15, -0.1) is 0 Å². The Balaban J connectivity index is 1.88. The first-order valence-electron chi connectivity index (χ1n) is 8.56. The molecule has 0 aromatic heterocycles. The van der Waals surface area contributed by atoms with Crippen LogP contribution in [0.1, 0.15) is 30.9 Å². The molecule has 0 unspecified atom stereocenters. The number of nitrogens with zero attached hydrogens (tertiary/aromatic N) is 2. The third-order valence-electron chi connectivity index (χ3n) is 4.41. The van der Waals surface area contributed by atoms with Gasteiger partial charge in [0, 0.05) is 12.1 Å². The second kappa shape index (κ2) is 7.72. The van der Waals surface area contributed by atoms with Gasteiger partial charge in [0.05, 0.1) is 16.2 Å². The van der Waals surface area contributed by atoms with Gasteiger partial charge in [-0.2, -0.15) is 0 Å². The summed E-state index contributed by atoms with van der Waals surface area (Å²) in [6, 6.07) is 12.6. The van der Waals surface area contributed by atoms with Crippen LogP contribution in [0.25, 0.3) is 5.57 Å². The number of anilines is 1. The average Bonchev–Trinajstić information content (AvgIpc) is 2.89. The molecule has 1 heterocycles. The lowest BCUT2D eigenvalue weighted by molar-refractivity contribution is -0.384. The van der Waals surface area contributed by atoms with Crippen molar-refractivity contribution < 1.29 is 14.5 Å². The van der Waals surface area contributed by atoms with Crippen molar-refractivity contribution in [3.63, 3.8) is 0 Å². The number of hydrogen-bond acceptors (Lipinski definition) is 4. The number of benzene rings is 2. The molecule has 27 heavy (non-hydrogen) atoms. The molecule has 3 rings (SSSR count). The minimum atomic E-state index is -0.601. The smallest absolute Gasteiger partial charge is 0.268 e. The summed E-state index contributed by atoms with van der Waals surface area (Å²) in [6.07, 6.45) is 3.09. The molecule has 0 bridgehead atoms. The highest BCUT2D eigenvalue weighted by atomic mass is 35.5. The molecule has 6 nitrogen and oxygen atoms in total. The average molecular weight is 385 g/mol. The number of nitro groups is 1. The zero-order valence-corrected chi connectivity index (χ0v) is 15.4. The molecule has 2 amide bonds. The summed E-state index contributed by atoms with van der Waals surface area (Å²) >= 11 is 6.14. The minimum absolute atomic E-state index is 0.0478. The highest BCUT2D eigenvalue weighted by Crippen LogP contribution is 2.35. The maximum atomic E-state index is 12.8. The van der Waals surface area contributed by atoms with Crippen molar-refractivity contribution in [1.82, 2.24) is 0 Å². The summed E-state index contributed by atoms with van der Waals surface area (Å²) in [4.78, 5) is 36.7. The molecule has 0 N–H and O–H groups in total. The van der Waals surface area contributed by atoms with Crippen LogP contribution >= 0.6 is 11.6 Å². The Morgan fingerprint density at radius 2 is 1.63 bits per heavy atom. The first-order valence-corrected chi connectivity index (χ1v) is 8.94. The van der Waals surface area contributed by atoms with Crippen molar-refractivity contribution in [3.05, 3.63) is 74.8 Å². The van der Waals surface area contributed by atoms with Crippen LogP contribution in [0, 0.1) is 10.1 Å². The third-order valence-corrected chi connectivity index (χ3v) is 4.76. The number of carbonyl (C=O) groups excluding carboxylic acids is 2. The van der Waals surface area contributed by atoms with E-state index in [1.807, 2.05) is 12.1 Å². The van der Waals surface area contributed by atoms with E-state index in [0.29, 0.717) is 11.3 Å². The normalized spacial score (nSPS) is 14.2. The molecule has 7 heteroatoms. The first-order chi connectivity index (χ1) is 12.9. The van der Waals surface area contributed by atoms with Crippen molar-refractivity contribution in [2.75, 3.05) is 4.90 Å². The zero-order valence-electron chi connectivity index (χ0n) is 14.6. The minimum Gasteiger partial charge on any atom is -0.268 e. The van der Waals surface area contributed by atoms with E-state index >= 15 is 0 Å². The van der Waals surface area contributed by atoms with Gasteiger partial charge in [0.2, 0.25) is 0 Å². The summed E-state index contributed by atoms with van der Waals surface area (Å²) in [5, 5.41) is 10.6. The van der Waals surface area contributed by atoms with Gasteiger partial charge in [0.1, 0.15) is 5.03 Å². The summed E-state index contributed by atoms with van der Waals surface area (Å²) in [5.74, 6) is -1.14. The number of carbonyl (C=O) groups is 2. The Morgan fingerprint density at radius 3 is 2.19 bits per heavy atom. The summed E-state index contributed by atoms with van der Waals surface area (Å²) < 4.78 is 0. The van der Waals surface area contributed by atoms with Crippen LogP contribution < -0.4 is 4.90 Å². The van der Waals surface area contributed by atoms with Crippen molar-refractivity contribution >= 4 is 40.4 Å². The quantitative estimate of drug-likeness (QED) is 0.418. The van der Waals surface area contributed by atoms with Crippen molar-refractivity contribution in [2.45, 2.75) is 26.2 Å². The van der Waals surface area contributed by atoms with Crippen molar-refractivity contribution in [3.8, 4) is 0 Å². The monoisotopic (exact) mass is 384 g/mol. The van der Waals surface area contributed by atoms with Gasteiger partial charge < -0.3 is 0 Å². The van der Waals surface area contributed by atoms with Gasteiger partial charge >= 0.3 is 0 Å². The fourth-order valence-corrected chi connectivity index (χ4v) is 3.20. The third kappa shape index (κ3) is 3.61. The molecule has 138 valence electrons. The number of rotatable bonds is 6. The maximum absolute atomic E-state index is 12.8. The van der Waals surface area contributed by atoms with E-state index < -0.39 is 16.7 Å². The Morgan fingerprint density at radius 1 is 1.00 bits per heavy atom. The molecular formula is C20H17ClN2O4. The van der Waals surface area contributed by atoms with Gasteiger partial charge in [-0.3, -0.25) is 19.7 Å². The van der Waals surface area contributed by atoms with Crippen LogP contribution in [0.2, 0.25) is 0 Å². The van der Waals surface area contributed by atoms with Gasteiger partial charge in [0.25, 0.3) is 17.5 Å². The zero-order chi connectivity index (χ0) is 19.6. The number of unbranched alkanes of at least 4 members (excludes halogenated alkanes) is 1. The van der Waals surface area contributed by atoms with Crippen LogP contribution in [0.4, 0.5) is 11.4 Å². The molecule has 0 atom stereocenters. The number of non-ortho nitro benzene ring substituents is 1. The second-order valence-electron chi connectivity index (χ2n) is 6.21. The van der Waals surface area contributed by atoms with Crippen LogP contribution in [0.15, 0.2) is 53.6 Å². The van der Waals surface area contributed by atoms with Gasteiger partial charge in [-0.1, -0.05) is 37.1 Å². The van der Waals surface area contributed by atoms with E-state index in [1.54, 1.807) is 12.1 Å². The molecule has 0 aliphatic carbocycles. The molecule has 0 saturated carbocycles. The molecule has 0 spiro atoms. The lowest BCUT2D eigenvalue weighted by Gasteiger charge is -2.15. The SMILES string of the molecule is CCCCc1ccc(N2C(=O)C(Cl)=C(c3ccc([N+](=O)[O-])cc3)C2=O)cc1. The van der Waals surface area contributed by atoms with Crippen LogP contribution in [-0.4, -0.2) is 16.7 Å². The van der Waals surface area contributed by atoms with Gasteiger partial charge in [-0.25, -0.2) is 4.90 Å². The molecule has 1 aliphatic heterocycles. The van der Waals surface area contributed by atoms with E-state index in [0.717, 1.165) is 29.7 Å². The molecule has 0 saturated heterocycles. The molecule has 0 radical (unpaired) electrons. The summed E-state index contributed by atoms with van der Waals surface area (Å²) in [7, 11) is 0. The lowest BCUT2D eigenvalue weighted by atomic mass is 10.1. The maximum Gasteiger partial charge on any atom is 0.277 e. The van der Waals surface area contributed by atoms with E-state index in [1.165, 1.54) is 24.3 Å². The number of aryl methyl sites for hydroxylation is 1. The van der Waals surface area contributed by atoms with Crippen LogP contribution in [0.3, 0.4) is 0 Å². The summed E-state index contributed by atoms with van der Waals surface area (Å²) in [6.45, 7) is 2.11. The van der Waals surface area contributed by atoms with Gasteiger partial charge in [-0.05, 0) is 48.2 Å². The topological polar surface area (TPSA) is 80.5 Å². The fourth-order valence-electron chi connectivity index (χ4n) is 2.93. The Kier molecular flexibility index (Phi) is 5.37. The predicted molar refractivity (Wildman–Crippen MR) is 103 cm³/mol. The number of imide groups is 1. The van der Waals surface area contributed by atoms with Crippen LogP contribution in [0.5, 0.6) is 0 Å². The molecule has 0 fully saturated rings. The highest BCUT2D eigenvalue weighted by molar-refractivity contribution is 6.60. The first kappa shape index (κ1) is 18.8. The predicted octanol–water partition coefficient (Wildman–Crippen LogP) is 4.46. The Labute approximate surface area is 161 Å². The van der Waals surface area contributed by atoms with E-state index in [9.17, 15) is 19.7 Å².